The summed E-state index contributed by atoms with van der Waals surface area (Å²) in [5.74, 6) is 0. The predicted octanol–water partition coefficient (Wildman–Crippen LogP) is 1.73. The van der Waals surface area contributed by atoms with E-state index in [2.05, 4.69) is 24.1 Å². The maximum Gasteiger partial charge on any atom is 0.261 e. The molecule has 0 bridgehead atoms. The number of hydrogen-bond acceptors (Lipinski definition) is 3. The molecule has 17 heavy (non-hydrogen) atoms. The molecule has 3 nitrogen and oxygen atoms in total. The third-order valence-corrected chi connectivity index (χ3v) is 3.18. The van der Waals surface area contributed by atoms with E-state index in [0.29, 0.717) is 25.2 Å². The van der Waals surface area contributed by atoms with Gasteiger partial charge in [0, 0.05) is 18.6 Å². The normalized spacial score (nSPS) is 19.4. The van der Waals surface area contributed by atoms with E-state index in [0.717, 1.165) is 25.9 Å². The van der Waals surface area contributed by atoms with Gasteiger partial charge in [0.1, 0.15) is 6.61 Å². The second-order valence-corrected chi connectivity index (χ2v) is 4.82. The Kier molecular flexibility index (Phi) is 6.92. The van der Waals surface area contributed by atoms with Gasteiger partial charge in [-0.15, -0.1) is 0 Å². The third-order valence-electron chi connectivity index (χ3n) is 3.18. The van der Waals surface area contributed by atoms with Crippen LogP contribution < -0.4 is 5.32 Å². The van der Waals surface area contributed by atoms with E-state index in [4.69, 9.17) is 4.74 Å². The molecule has 1 aliphatic heterocycles. The van der Waals surface area contributed by atoms with Crippen molar-refractivity contribution < 1.29 is 13.5 Å². The summed E-state index contributed by atoms with van der Waals surface area (Å²) in [6.07, 6.45) is -0.0932. The van der Waals surface area contributed by atoms with Gasteiger partial charge in [-0.25, -0.2) is 8.78 Å². The van der Waals surface area contributed by atoms with Crippen LogP contribution in [0.25, 0.3) is 0 Å². The van der Waals surface area contributed by atoms with Gasteiger partial charge in [-0.3, -0.25) is 0 Å². The van der Waals surface area contributed by atoms with Gasteiger partial charge in [-0.05, 0) is 39.8 Å². The molecule has 1 aliphatic rings. The zero-order chi connectivity index (χ0) is 12.7. The summed E-state index contributed by atoms with van der Waals surface area (Å²) in [6, 6.07) is 1.13. The number of halogens is 2. The number of rotatable bonds is 7. The number of piperidine rings is 1. The molecule has 1 heterocycles. The fraction of sp³-hybridized carbons (Fsp3) is 1.00. The highest BCUT2D eigenvalue weighted by Crippen LogP contribution is 2.12. The maximum absolute atomic E-state index is 11.8. The molecule has 0 aromatic rings. The molecule has 0 unspecified atom stereocenters. The zero-order valence-corrected chi connectivity index (χ0v) is 10.8. The highest BCUT2D eigenvalue weighted by molar-refractivity contribution is 4.78. The van der Waals surface area contributed by atoms with Gasteiger partial charge < -0.3 is 15.0 Å². The summed E-state index contributed by atoms with van der Waals surface area (Å²) in [5.41, 5.74) is 0. The van der Waals surface area contributed by atoms with E-state index in [9.17, 15) is 8.78 Å². The number of alkyl halides is 2. The first-order valence-corrected chi connectivity index (χ1v) is 6.43. The number of likely N-dealkylation sites (tertiary alicyclic amines) is 1. The Morgan fingerprint density at radius 1 is 1.29 bits per heavy atom. The van der Waals surface area contributed by atoms with Gasteiger partial charge in [-0.1, -0.05) is 0 Å². The zero-order valence-electron chi connectivity index (χ0n) is 10.8. The average molecular weight is 250 g/mol. The molecule has 0 aromatic carbocycles. The minimum atomic E-state index is -2.36. The minimum absolute atomic E-state index is 0.370. The molecule has 1 rings (SSSR count). The lowest BCUT2D eigenvalue weighted by molar-refractivity contribution is 0.0176. The van der Waals surface area contributed by atoms with Crippen molar-refractivity contribution in [3.63, 3.8) is 0 Å². The molecule has 102 valence electrons. The van der Waals surface area contributed by atoms with Crippen LogP contribution in [-0.2, 0) is 4.74 Å². The Balaban J connectivity index is 1.99. The van der Waals surface area contributed by atoms with Gasteiger partial charge in [0.25, 0.3) is 6.43 Å². The van der Waals surface area contributed by atoms with Crippen LogP contribution in [0.15, 0.2) is 0 Å². The summed E-state index contributed by atoms with van der Waals surface area (Å²) in [6.45, 7) is 7.25. The molecule has 0 aromatic heterocycles. The highest BCUT2D eigenvalue weighted by atomic mass is 19.3. The fourth-order valence-electron chi connectivity index (χ4n) is 2.13. The fourth-order valence-corrected chi connectivity index (χ4v) is 2.13. The van der Waals surface area contributed by atoms with E-state index in [1.807, 2.05) is 0 Å². The summed E-state index contributed by atoms with van der Waals surface area (Å²) in [7, 11) is 0. The summed E-state index contributed by atoms with van der Waals surface area (Å²) in [5, 5.41) is 3.36. The van der Waals surface area contributed by atoms with Crippen LogP contribution >= 0.6 is 0 Å². The molecular weight excluding hydrogens is 226 g/mol. The number of nitrogens with one attached hydrogen (secondary N) is 1. The molecule has 0 saturated carbocycles. The molecule has 0 atom stereocenters. The molecule has 5 heteroatoms. The molecule has 0 amide bonds. The lowest BCUT2D eigenvalue weighted by Gasteiger charge is -2.35. The van der Waals surface area contributed by atoms with Crippen LogP contribution in [0.1, 0.15) is 26.7 Å². The van der Waals surface area contributed by atoms with Gasteiger partial charge in [-0.2, -0.15) is 0 Å². The molecule has 0 radical (unpaired) electrons. The molecular formula is C12H24F2N2O. The monoisotopic (exact) mass is 250 g/mol. The van der Waals surface area contributed by atoms with Crippen LogP contribution in [0.4, 0.5) is 8.78 Å². The third kappa shape index (κ3) is 6.29. The average Bonchev–Trinajstić information content (AvgIpc) is 2.29. The van der Waals surface area contributed by atoms with Crippen LogP contribution in [-0.4, -0.2) is 56.3 Å². The molecule has 1 fully saturated rings. The molecule has 1 saturated heterocycles. The first-order chi connectivity index (χ1) is 8.09. The van der Waals surface area contributed by atoms with Gasteiger partial charge in [0.05, 0.1) is 6.61 Å². The van der Waals surface area contributed by atoms with Crippen molar-refractivity contribution in [3.8, 4) is 0 Å². The predicted molar refractivity (Wildman–Crippen MR) is 64.6 cm³/mol. The van der Waals surface area contributed by atoms with E-state index in [1.165, 1.54) is 0 Å². The topological polar surface area (TPSA) is 24.5 Å². The second kappa shape index (κ2) is 7.95. The van der Waals surface area contributed by atoms with Crippen LogP contribution in [0.2, 0.25) is 0 Å². The largest absolute Gasteiger partial charge is 0.374 e. The Hall–Kier alpha value is -0.260. The Morgan fingerprint density at radius 3 is 2.47 bits per heavy atom. The van der Waals surface area contributed by atoms with Crippen molar-refractivity contribution >= 4 is 0 Å². The summed E-state index contributed by atoms with van der Waals surface area (Å²) in [4.78, 5) is 2.46. The van der Waals surface area contributed by atoms with Crippen LogP contribution in [0.5, 0.6) is 0 Å². The first-order valence-electron chi connectivity index (χ1n) is 6.43. The first kappa shape index (κ1) is 14.8. The van der Waals surface area contributed by atoms with Crippen molar-refractivity contribution in [2.24, 2.45) is 0 Å². The number of ether oxygens (including phenoxy) is 1. The molecule has 1 N–H and O–H groups in total. The van der Waals surface area contributed by atoms with E-state index in [-0.39, 0.29) is 0 Å². The summed E-state index contributed by atoms with van der Waals surface area (Å²) < 4.78 is 28.4. The minimum Gasteiger partial charge on any atom is -0.374 e. The van der Waals surface area contributed by atoms with E-state index >= 15 is 0 Å². The number of nitrogens with zero attached hydrogens (tertiary/aromatic N) is 1. The van der Waals surface area contributed by atoms with Crippen molar-refractivity contribution in [2.45, 2.75) is 45.2 Å². The van der Waals surface area contributed by atoms with Crippen molar-refractivity contribution in [2.75, 3.05) is 32.8 Å². The molecule has 0 spiro atoms. The quantitative estimate of drug-likeness (QED) is 0.696. The lowest BCUT2D eigenvalue weighted by atomic mass is 10.0. The van der Waals surface area contributed by atoms with Crippen LogP contribution in [0.3, 0.4) is 0 Å². The standard InChI is InChI=1S/C12H24F2N2O/c1-10(2)16-6-3-11(4-7-16)15-5-8-17-9-12(13)14/h10-12,15H,3-9H2,1-2H3. The van der Waals surface area contributed by atoms with E-state index in [1.54, 1.807) is 0 Å². The Labute approximate surface area is 103 Å². The summed E-state index contributed by atoms with van der Waals surface area (Å²) >= 11 is 0. The van der Waals surface area contributed by atoms with Crippen molar-refractivity contribution in [1.82, 2.24) is 10.2 Å². The highest BCUT2D eigenvalue weighted by Gasteiger charge is 2.19. The van der Waals surface area contributed by atoms with Crippen molar-refractivity contribution in [1.29, 1.82) is 0 Å². The Bertz CT molecular complexity index is 195. The second-order valence-electron chi connectivity index (χ2n) is 4.82. The Morgan fingerprint density at radius 2 is 1.94 bits per heavy atom. The van der Waals surface area contributed by atoms with Crippen LogP contribution in [0, 0.1) is 0 Å². The smallest absolute Gasteiger partial charge is 0.261 e. The number of hydrogen-bond donors (Lipinski definition) is 1. The lowest BCUT2D eigenvalue weighted by Crippen LogP contribution is -2.45. The van der Waals surface area contributed by atoms with Gasteiger partial charge >= 0.3 is 0 Å². The van der Waals surface area contributed by atoms with E-state index < -0.39 is 13.0 Å². The van der Waals surface area contributed by atoms with Gasteiger partial charge in [0.2, 0.25) is 0 Å². The molecule has 0 aliphatic carbocycles. The van der Waals surface area contributed by atoms with Crippen molar-refractivity contribution in [3.05, 3.63) is 0 Å². The maximum atomic E-state index is 11.8. The van der Waals surface area contributed by atoms with Gasteiger partial charge in [0.15, 0.2) is 0 Å². The SMILES string of the molecule is CC(C)N1CCC(NCCOCC(F)F)CC1.